The van der Waals surface area contributed by atoms with Gasteiger partial charge in [0.25, 0.3) is 0 Å². The van der Waals surface area contributed by atoms with Gasteiger partial charge in [-0.15, -0.1) is 0 Å². The van der Waals surface area contributed by atoms with Gasteiger partial charge in [0.2, 0.25) is 12.6 Å². The Kier molecular flexibility index (Phi) is 4.25. The third-order valence-corrected chi connectivity index (χ3v) is 4.17. The number of rotatable bonds is 4. The second-order valence-corrected chi connectivity index (χ2v) is 5.59. The predicted molar refractivity (Wildman–Crippen MR) is 67.9 cm³/mol. The van der Waals surface area contributed by atoms with Crippen LogP contribution in [0.4, 0.5) is 0 Å². The maximum absolute atomic E-state index is 11.2. The number of azo groups is 1. The van der Waals surface area contributed by atoms with Gasteiger partial charge in [-0.25, -0.2) is 0 Å². The molecule has 4 heteroatoms. The molecular weight excluding hydrogens is 228 g/mol. The molecule has 0 heterocycles. The van der Waals surface area contributed by atoms with E-state index in [9.17, 15) is 9.59 Å². The van der Waals surface area contributed by atoms with Gasteiger partial charge in [-0.05, 0) is 25.7 Å². The second kappa shape index (κ2) is 5.72. The predicted octanol–water partition coefficient (Wildman–Crippen LogP) is 3.06. The normalized spacial score (nSPS) is 26.9. The lowest BCUT2D eigenvalue weighted by molar-refractivity contribution is 0.311. The fourth-order valence-corrected chi connectivity index (χ4v) is 2.91. The van der Waals surface area contributed by atoms with Gasteiger partial charge in [0.15, 0.2) is 0 Å². The molecule has 0 bridgehead atoms. The van der Waals surface area contributed by atoms with Gasteiger partial charge in [0.05, 0.1) is 0 Å². The number of hydrogen-bond acceptors (Lipinski definition) is 4. The van der Waals surface area contributed by atoms with Crippen LogP contribution < -0.4 is 0 Å². The summed E-state index contributed by atoms with van der Waals surface area (Å²) < 4.78 is 0. The maximum Gasteiger partial charge on any atom is 0.230 e. The standard InChI is InChI=1S/C14H20N2O2/c17-11-13(7-3-1-4-8-13)15-16-14(12-18)9-5-2-6-10-14/h1-10H2/b16-15+. The zero-order valence-electron chi connectivity index (χ0n) is 10.8. The zero-order chi connectivity index (χ0) is 12.9. The van der Waals surface area contributed by atoms with Gasteiger partial charge in [0, 0.05) is 0 Å². The highest BCUT2D eigenvalue weighted by Gasteiger charge is 2.37. The monoisotopic (exact) mass is 248 g/mol. The largest absolute Gasteiger partial charge is 0.288 e. The second-order valence-electron chi connectivity index (χ2n) is 5.59. The van der Waals surface area contributed by atoms with E-state index in [2.05, 4.69) is 22.8 Å². The van der Waals surface area contributed by atoms with Crippen molar-refractivity contribution in [1.29, 1.82) is 0 Å². The Morgan fingerprint density at radius 2 is 0.944 bits per heavy atom. The maximum atomic E-state index is 11.2. The molecule has 0 aromatic rings. The summed E-state index contributed by atoms with van der Waals surface area (Å²) in [5, 5.41) is 8.48. The van der Waals surface area contributed by atoms with E-state index in [0.29, 0.717) is 0 Å². The molecule has 0 aliphatic heterocycles. The topological polar surface area (TPSA) is 58.9 Å². The van der Waals surface area contributed by atoms with Crippen LogP contribution in [0.1, 0.15) is 64.2 Å². The van der Waals surface area contributed by atoms with Crippen molar-refractivity contribution < 1.29 is 9.59 Å². The molecule has 2 saturated carbocycles. The van der Waals surface area contributed by atoms with E-state index in [0.717, 1.165) is 64.2 Å². The molecule has 0 aromatic heterocycles. The summed E-state index contributed by atoms with van der Waals surface area (Å²) >= 11 is 0. The molecule has 2 aliphatic rings. The van der Waals surface area contributed by atoms with E-state index in [1.165, 1.54) is 0 Å². The lowest BCUT2D eigenvalue weighted by Crippen LogP contribution is -2.35. The summed E-state index contributed by atoms with van der Waals surface area (Å²) in [5.41, 5.74) is -1.56. The first-order valence-corrected chi connectivity index (χ1v) is 6.97. The molecule has 18 heavy (non-hydrogen) atoms. The highest BCUT2D eigenvalue weighted by molar-refractivity contribution is 5.67. The van der Waals surface area contributed by atoms with Gasteiger partial charge < -0.3 is 0 Å². The average Bonchev–Trinajstić information content (AvgIpc) is 2.47. The van der Waals surface area contributed by atoms with Crippen LogP contribution in [0, 0.1) is 0 Å². The van der Waals surface area contributed by atoms with Gasteiger partial charge in [-0.3, -0.25) is 9.59 Å². The van der Waals surface area contributed by atoms with E-state index in [-0.39, 0.29) is 0 Å². The average molecular weight is 248 g/mol. The molecule has 4 nitrogen and oxygen atoms in total. The summed E-state index contributed by atoms with van der Waals surface area (Å²) in [6.45, 7) is 0. The highest BCUT2D eigenvalue weighted by Crippen LogP contribution is 2.34. The molecule has 98 valence electrons. The Bertz CT molecular complexity index is 295. The fourth-order valence-electron chi connectivity index (χ4n) is 2.91. The number of carbonyl (C=O) groups excluding carboxylic acids is 2. The SMILES string of the molecule is O=[C]C1(/N=N/C2([C]=O)CCCCC2)CCCCC1. The first kappa shape index (κ1) is 13.4. The van der Waals surface area contributed by atoms with Gasteiger partial charge >= 0.3 is 0 Å². The van der Waals surface area contributed by atoms with E-state index in [1.807, 2.05) is 0 Å². The van der Waals surface area contributed by atoms with E-state index in [4.69, 9.17) is 0 Å². The molecule has 0 spiro atoms. The minimum absolute atomic E-state index is 0.717. The van der Waals surface area contributed by atoms with E-state index >= 15 is 0 Å². The van der Waals surface area contributed by atoms with Crippen molar-refractivity contribution in [2.75, 3.05) is 0 Å². The van der Waals surface area contributed by atoms with Crippen LogP contribution in [0.5, 0.6) is 0 Å². The van der Waals surface area contributed by atoms with Crippen LogP contribution in [-0.4, -0.2) is 23.7 Å². The van der Waals surface area contributed by atoms with Crippen molar-refractivity contribution in [3.05, 3.63) is 0 Å². The molecule has 0 N–H and O–H groups in total. The van der Waals surface area contributed by atoms with Crippen LogP contribution >= 0.6 is 0 Å². The van der Waals surface area contributed by atoms with Crippen LogP contribution in [0.25, 0.3) is 0 Å². The Labute approximate surface area is 108 Å². The number of hydrogen-bond donors (Lipinski definition) is 0. The third-order valence-electron chi connectivity index (χ3n) is 4.17. The summed E-state index contributed by atoms with van der Waals surface area (Å²) in [7, 11) is 0. The van der Waals surface area contributed by atoms with Crippen molar-refractivity contribution in [3.8, 4) is 0 Å². The summed E-state index contributed by atoms with van der Waals surface area (Å²) in [5.74, 6) is 0. The smallest absolute Gasteiger partial charge is 0.230 e. The first-order valence-electron chi connectivity index (χ1n) is 6.97. The lowest BCUT2D eigenvalue weighted by atomic mass is 9.82. The Morgan fingerprint density at radius 1 is 0.611 bits per heavy atom. The van der Waals surface area contributed by atoms with Crippen molar-refractivity contribution in [2.45, 2.75) is 75.3 Å². The molecule has 0 atom stereocenters. The molecule has 0 amide bonds. The Balaban J connectivity index is 2.11. The van der Waals surface area contributed by atoms with Crippen LogP contribution in [-0.2, 0) is 9.59 Å². The van der Waals surface area contributed by atoms with E-state index < -0.39 is 11.1 Å². The quantitative estimate of drug-likeness (QED) is 0.718. The number of nitrogens with zero attached hydrogens (tertiary/aromatic N) is 2. The van der Waals surface area contributed by atoms with Crippen LogP contribution in [0.2, 0.25) is 0 Å². The molecule has 0 aromatic carbocycles. The van der Waals surface area contributed by atoms with Crippen molar-refractivity contribution in [3.63, 3.8) is 0 Å². The third kappa shape index (κ3) is 2.85. The van der Waals surface area contributed by atoms with Crippen LogP contribution in [0.15, 0.2) is 10.2 Å². The summed E-state index contributed by atoms with van der Waals surface area (Å²) in [4.78, 5) is 22.3. The summed E-state index contributed by atoms with van der Waals surface area (Å²) in [6, 6.07) is 0. The lowest BCUT2D eigenvalue weighted by Gasteiger charge is -2.30. The molecule has 0 saturated heterocycles. The first-order chi connectivity index (χ1) is 8.74. The molecule has 0 unspecified atom stereocenters. The van der Waals surface area contributed by atoms with Crippen molar-refractivity contribution in [2.24, 2.45) is 10.2 Å². The molecule has 2 aliphatic carbocycles. The molecule has 2 radical (unpaired) electrons. The van der Waals surface area contributed by atoms with Gasteiger partial charge in [-0.1, -0.05) is 38.5 Å². The van der Waals surface area contributed by atoms with Crippen molar-refractivity contribution >= 4 is 12.6 Å². The fraction of sp³-hybridized carbons (Fsp3) is 0.857. The molecule has 2 fully saturated rings. The minimum atomic E-state index is -0.778. The minimum Gasteiger partial charge on any atom is -0.288 e. The molecule has 2 rings (SSSR count). The Hall–Kier alpha value is -1.06. The van der Waals surface area contributed by atoms with Gasteiger partial charge in [-0.2, -0.15) is 10.2 Å². The van der Waals surface area contributed by atoms with Crippen molar-refractivity contribution in [1.82, 2.24) is 0 Å². The van der Waals surface area contributed by atoms with E-state index in [1.54, 1.807) is 0 Å². The zero-order valence-corrected chi connectivity index (χ0v) is 10.8. The Morgan fingerprint density at radius 3 is 1.22 bits per heavy atom. The van der Waals surface area contributed by atoms with Crippen LogP contribution in [0.3, 0.4) is 0 Å². The van der Waals surface area contributed by atoms with Gasteiger partial charge in [0.1, 0.15) is 11.1 Å². The summed E-state index contributed by atoms with van der Waals surface area (Å²) in [6.07, 6.45) is 13.2. The highest BCUT2D eigenvalue weighted by atomic mass is 16.1. The molecular formula is C14H20N2O2.